The first-order valence-corrected chi connectivity index (χ1v) is 7.15. The molecule has 0 aliphatic heterocycles. The molecule has 0 aliphatic carbocycles. The van der Waals surface area contributed by atoms with Gasteiger partial charge in [0.15, 0.2) is 0 Å². The molecule has 0 saturated heterocycles. The molecule has 1 heterocycles. The average molecular weight is 356 g/mol. The highest BCUT2D eigenvalue weighted by molar-refractivity contribution is 9.09. The zero-order valence-electron chi connectivity index (χ0n) is 10.1. The monoisotopic (exact) mass is 354 g/mol. The maximum atomic E-state index is 13.2. The second kappa shape index (κ2) is 5.07. The van der Waals surface area contributed by atoms with Crippen LogP contribution in [-0.2, 0) is 0 Å². The van der Waals surface area contributed by atoms with Crippen molar-refractivity contribution in [2.75, 3.05) is 0 Å². The van der Waals surface area contributed by atoms with Gasteiger partial charge in [-0.3, -0.25) is 0 Å². The van der Waals surface area contributed by atoms with Crippen LogP contribution >= 0.6 is 27.5 Å². The van der Waals surface area contributed by atoms with E-state index in [1.807, 2.05) is 18.2 Å². The summed E-state index contributed by atoms with van der Waals surface area (Å²) in [6.07, 6.45) is 0. The molecule has 6 heteroatoms. The van der Waals surface area contributed by atoms with E-state index >= 15 is 0 Å². The van der Waals surface area contributed by atoms with E-state index in [9.17, 15) is 9.18 Å². The van der Waals surface area contributed by atoms with Crippen LogP contribution in [0.25, 0.3) is 11.0 Å². The van der Waals surface area contributed by atoms with Crippen molar-refractivity contribution in [1.29, 1.82) is 0 Å². The van der Waals surface area contributed by atoms with Crippen molar-refractivity contribution < 1.29 is 4.39 Å². The van der Waals surface area contributed by atoms with Gasteiger partial charge in [-0.05, 0) is 35.4 Å². The van der Waals surface area contributed by atoms with Crippen LogP contribution in [0.3, 0.4) is 0 Å². The second-order valence-corrected chi connectivity index (χ2v) is 5.74. The van der Waals surface area contributed by atoms with E-state index in [1.165, 1.54) is 6.07 Å². The zero-order chi connectivity index (χ0) is 14.3. The summed E-state index contributed by atoms with van der Waals surface area (Å²) in [7, 11) is 0. The molecule has 102 valence electrons. The fraction of sp³-hybridized carbons (Fsp3) is 0.0714. The fourth-order valence-electron chi connectivity index (χ4n) is 2.07. The number of benzene rings is 2. The number of nitrogens with one attached hydrogen (secondary N) is 2. The Bertz CT molecular complexity index is 843. The lowest BCUT2D eigenvalue weighted by Crippen LogP contribution is -1.99. The van der Waals surface area contributed by atoms with Gasteiger partial charge in [-0.15, -0.1) is 0 Å². The molecule has 0 radical (unpaired) electrons. The second-order valence-electron chi connectivity index (χ2n) is 4.42. The van der Waals surface area contributed by atoms with Crippen molar-refractivity contribution in [3.05, 3.63) is 68.8 Å². The largest absolute Gasteiger partial charge is 0.323 e. The molecule has 0 spiro atoms. The van der Waals surface area contributed by atoms with Gasteiger partial charge in [-0.25, -0.2) is 9.18 Å². The number of rotatable bonds is 2. The molecule has 1 aromatic heterocycles. The summed E-state index contributed by atoms with van der Waals surface area (Å²) in [5.41, 5.74) is 3.01. The number of hydrogen-bond acceptors (Lipinski definition) is 1. The van der Waals surface area contributed by atoms with Crippen molar-refractivity contribution in [1.82, 2.24) is 9.97 Å². The van der Waals surface area contributed by atoms with E-state index in [4.69, 9.17) is 11.6 Å². The zero-order valence-corrected chi connectivity index (χ0v) is 12.4. The first-order valence-electron chi connectivity index (χ1n) is 5.85. The van der Waals surface area contributed by atoms with Crippen LogP contribution in [0.2, 0.25) is 5.02 Å². The van der Waals surface area contributed by atoms with Gasteiger partial charge in [-0.2, -0.15) is 0 Å². The smallest absolute Gasteiger partial charge is 0.306 e. The Labute approximate surface area is 126 Å². The topological polar surface area (TPSA) is 48.6 Å². The van der Waals surface area contributed by atoms with E-state index in [1.54, 1.807) is 12.1 Å². The summed E-state index contributed by atoms with van der Waals surface area (Å²) in [5, 5.41) is 0.0862. The number of H-pyrrole nitrogens is 2. The molecular weight excluding hydrogens is 347 g/mol. The number of imidazole rings is 1. The van der Waals surface area contributed by atoms with Gasteiger partial charge in [0.25, 0.3) is 0 Å². The average Bonchev–Trinajstić information content (AvgIpc) is 2.80. The van der Waals surface area contributed by atoms with Gasteiger partial charge in [0.2, 0.25) is 0 Å². The number of halogens is 3. The molecule has 3 rings (SSSR count). The lowest BCUT2D eigenvalue weighted by atomic mass is 10.0. The number of aromatic amines is 2. The standard InChI is InChI=1S/C14H9BrClFN2O/c15-13(7-1-3-10(17)9(16)5-7)8-2-4-11-12(6-8)19-14(20)18-11/h1-6,13H,(H2,18,19,20). The van der Waals surface area contributed by atoms with Crippen molar-refractivity contribution >= 4 is 38.6 Å². The Kier molecular flexibility index (Phi) is 3.40. The van der Waals surface area contributed by atoms with Crippen LogP contribution in [0.5, 0.6) is 0 Å². The van der Waals surface area contributed by atoms with Crippen molar-refractivity contribution in [3.63, 3.8) is 0 Å². The number of aromatic nitrogens is 2. The Morgan fingerprint density at radius 2 is 1.70 bits per heavy atom. The van der Waals surface area contributed by atoms with E-state index in [0.29, 0.717) is 0 Å². The van der Waals surface area contributed by atoms with Gasteiger partial charge >= 0.3 is 5.69 Å². The first kappa shape index (κ1) is 13.4. The molecule has 0 bridgehead atoms. The lowest BCUT2D eigenvalue weighted by Gasteiger charge is -2.11. The minimum Gasteiger partial charge on any atom is -0.306 e. The van der Waals surface area contributed by atoms with Crippen molar-refractivity contribution in [2.45, 2.75) is 4.83 Å². The third-order valence-electron chi connectivity index (χ3n) is 3.07. The highest BCUT2D eigenvalue weighted by Crippen LogP contribution is 2.33. The Balaban J connectivity index is 2.04. The maximum Gasteiger partial charge on any atom is 0.323 e. The van der Waals surface area contributed by atoms with Gasteiger partial charge in [0.1, 0.15) is 5.82 Å². The van der Waals surface area contributed by atoms with E-state index in [2.05, 4.69) is 25.9 Å². The van der Waals surface area contributed by atoms with Crippen molar-refractivity contribution in [2.24, 2.45) is 0 Å². The highest BCUT2D eigenvalue weighted by atomic mass is 79.9. The number of fused-ring (bicyclic) bond motifs is 1. The molecule has 2 N–H and O–H groups in total. The van der Waals surface area contributed by atoms with Crippen LogP contribution in [0.4, 0.5) is 4.39 Å². The van der Waals surface area contributed by atoms with Crippen LogP contribution < -0.4 is 5.69 Å². The van der Waals surface area contributed by atoms with Crippen LogP contribution in [0.1, 0.15) is 16.0 Å². The fourth-order valence-corrected chi connectivity index (χ4v) is 2.83. The molecule has 0 amide bonds. The minimum atomic E-state index is -0.444. The summed E-state index contributed by atoms with van der Waals surface area (Å²) in [5.74, 6) is -0.444. The molecule has 20 heavy (non-hydrogen) atoms. The van der Waals surface area contributed by atoms with Gasteiger partial charge in [0.05, 0.1) is 20.9 Å². The summed E-state index contributed by atoms with van der Waals surface area (Å²) in [4.78, 5) is 16.5. The van der Waals surface area contributed by atoms with E-state index in [0.717, 1.165) is 22.2 Å². The SMILES string of the molecule is O=c1[nH]c2ccc(C(Br)c3ccc(F)c(Cl)c3)cc2[nH]1. The molecule has 0 fully saturated rings. The molecule has 3 aromatic rings. The molecule has 2 aromatic carbocycles. The highest BCUT2D eigenvalue weighted by Gasteiger charge is 2.13. The molecule has 1 unspecified atom stereocenters. The third kappa shape index (κ3) is 2.39. The predicted octanol–water partition coefficient (Wildman–Crippen LogP) is 4.13. The lowest BCUT2D eigenvalue weighted by molar-refractivity contribution is 0.627. The maximum absolute atomic E-state index is 13.2. The predicted molar refractivity (Wildman–Crippen MR) is 81.1 cm³/mol. The summed E-state index contributed by atoms with van der Waals surface area (Å²) >= 11 is 9.36. The third-order valence-corrected chi connectivity index (χ3v) is 4.42. The Morgan fingerprint density at radius 3 is 2.45 bits per heavy atom. The molecular formula is C14H9BrClFN2O. The van der Waals surface area contributed by atoms with Gasteiger partial charge < -0.3 is 9.97 Å². The van der Waals surface area contributed by atoms with Crippen LogP contribution in [-0.4, -0.2) is 9.97 Å². The van der Waals surface area contributed by atoms with Gasteiger partial charge in [-0.1, -0.05) is 39.7 Å². The summed E-state index contributed by atoms with van der Waals surface area (Å²) in [6, 6.07) is 10.2. The van der Waals surface area contributed by atoms with E-state index < -0.39 is 5.82 Å². The minimum absolute atomic E-state index is 0.0862. The van der Waals surface area contributed by atoms with Gasteiger partial charge in [0, 0.05) is 0 Å². The summed E-state index contributed by atoms with van der Waals surface area (Å²) < 4.78 is 13.2. The summed E-state index contributed by atoms with van der Waals surface area (Å²) in [6.45, 7) is 0. The Morgan fingerprint density at radius 1 is 1.05 bits per heavy atom. The van der Waals surface area contributed by atoms with E-state index in [-0.39, 0.29) is 15.5 Å². The molecule has 0 saturated carbocycles. The molecule has 1 atom stereocenters. The molecule has 3 nitrogen and oxygen atoms in total. The first-order chi connectivity index (χ1) is 9.54. The van der Waals surface area contributed by atoms with Crippen molar-refractivity contribution in [3.8, 4) is 0 Å². The quantitative estimate of drug-likeness (QED) is 0.667. The number of alkyl halides is 1. The normalized spacial score (nSPS) is 12.8. The Hall–Kier alpha value is -1.59. The molecule has 0 aliphatic rings. The van der Waals surface area contributed by atoms with Crippen LogP contribution in [0, 0.1) is 5.82 Å². The van der Waals surface area contributed by atoms with Crippen LogP contribution in [0.15, 0.2) is 41.2 Å². The number of hydrogen-bond donors (Lipinski definition) is 2.